The third-order valence-corrected chi connectivity index (χ3v) is 4.84. The molecule has 142 valence electrons. The summed E-state index contributed by atoms with van der Waals surface area (Å²) in [4.78, 5) is 13.7. The van der Waals surface area contributed by atoms with E-state index >= 15 is 0 Å². The first-order valence-electron chi connectivity index (χ1n) is 8.98. The summed E-state index contributed by atoms with van der Waals surface area (Å²) in [6.07, 6.45) is 3.06. The van der Waals surface area contributed by atoms with Crippen molar-refractivity contribution in [1.29, 1.82) is 0 Å². The predicted octanol–water partition coefficient (Wildman–Crippen LogP) is 2.99. The number of benzene rings is 2. The standard InChI is InChI=1S/C21H22F2N2O2/c1-15(20(26)24-18-9-5-6-10-19(18)27-21(22)23)25-13-11-17(12-14-25)16-7-3-2-4-8-16/h2-11,15,21H,12-14H2,1H3,(H,24,26)/p+1/t15-/m0/s1. The highest BCUT2D eigenvalue weighted by Crippen LogP contribution is 2.25. The molecule has 2 aromatic carbocycles. The first-order chi connectivity index (χ1) is 13.0. The minimum Gasteiger partial charge on any atom is -0.433 e. The lowest BCUT2D eigenvalue weighted by Gasteiger charge is -2.28. The van der Waals surface area contributed by atoms with Crippen LogP contribution in [0.2, 0.25) is 0 Å². The topological polar surface area (TPSA) is 42.8 Å². The van der Waals surface area contributed by atoms with Gasteiger partial charge in [0, 0.05) is 6.42 Å². The number of anilines is 1. The minimum atomic E-state index is -2.94. The molecule has 1 aliphatic heterocycles. The molecule has 1 amide bonds. The molecule has 0 bridgehead atoms. The Morgan fingerprint density at radius 3 is 2.48 bits per heavy atom. The fourth-order valence-electron chi connectivity index (χ4n) is 3.26. The van der Waals surface area contributed by atoms with Crippen LogP contribution in [0.25, 0.3) is 5.57 Å². The Balaban J connectivity index is 1.63. The van der Waals surface area contributed by atoms with Crippen molar-refractivity contribution in [2.45, 2.75) is 26.0 Å². The summed E-state index contributed by atoms with van der Waals surface area (Å²) < 4.78 is 29.5. The van der Waals surface area contributed by atoms with Gasteiger partial charge in [-0.1, -0.05) is 42.5 Å². The van der Waals surface area contributed by atoms with Gasteiger partial charge in [-0.2, -0.15) is 8.78 Å². The van der Waals surface area contributed by atoms with Crippen molar-refractivity contribution in [3.05, 3.63) is 66.2 Å². The van der Waals surface area contributed by atoms with Gasteiger partial charge in [0.1, 0.15) is 5.75 Å². The smallest absolute Gasteiger partial charge is 0.387 e. The first-order valence-corrected chi connectivity index (χ1v) is 8.98. The highest BCUT2D eigenvalue weighted by atomic mass is 19.3. The van der Waals surface area contributed by atoms with Crippen LogP contribution in [0.5, 0.6) is 5.75 Å². The van der Waals surface area contributed by atoms with E-state index in [0.29, 0.717) is 0 Å². The van der Waals surface area contributed by atoms with Gasteiger partial charge < -0.3 is 15.0 Å². The van der Waals surface area contributed by atoms with Crippen molar-refractivity contribution in [1.82, 2.24) is 0 Å². The zero-order valence-electron chi connectivity index (χ0n) is 15.1. The second-order valence-electron chi connectivity index (χ2n) is 6.54. The Morgan fingerprint density at radius 1 is 1.11 bits per heavy atom. The van der Waals surface area contributed by atoms with Gasteiger partial charge in [0.2, 0.25) is 0 Å². The molecule has 0 radical (unpaired) electrons. The molecule has 0 aliphatic carbocycles. The van der Waals surface area contributed by atoms with E-state index in [2.05, 4.69) is 28.3 Å². The van der Waals surface area contributed by atoms with Gasteiger partial charge >= 0.3 is 6.61 Å². The van der Waals surface area contributed by atoms with E-state index in [1.165, 1.54) is 17.2 Å². The largest absolute Gasteiger partial charge is 0.433 e. The van der Waals surface area contributed by atoms with Crippen LogP contribution >= 0.6 is 0 Å². The maximum Gasteiger partial charge on any atom is 0.387 e. The van der Waals surface area contributed by atoms with Crippen LogP contribution < -0.4 is 15.0 Å². The molecule has 0 saturated heterocycles. The van der Waals surface area contributed by atoms with Crippen LogP contribution in [0.1, 0.15) is 18.9 Å². The van der Waals surface area contributed by atoms with Crippen molar-refractivity contribution in [2.75, 3.05) is 18.4 Å². The number of hydrogen-bond acceptors (Lipinski definition) is 2. The van der Waals surface area contributed by atoms with Gasteiger partial charge in [0.25, 0.3) is 5.91 Å². The van der Waals surface area contributed by atoms with Crippen molar-refractivity contribution in [3.8, 4) is 5.75 Å². The van der Waals surface area contributed by atoms with Crippen LogP contribution in [0.15, 0.2) is 60.7 Å². The number of para-hydroxylation sites is 2. The molecule has 0 saturated carbocycles. The molecule has 4 nitrogen and oxygen atoms in total. The van der Waals surface area contributed by atoms with Crippen LogP contribution in [0.4, 0.5) is 14.5 Å². The predicted molar refractivity (Wildman–Crippen MR) is 101 cm³/mol. The summed E-state index contributed by atoms with van der Waals surface area (Å²) in [5.74, 6) is -0.250. The Morgan fingerprint density at radius 2 is 1.81 bits per heavy atom. The van der Waals surface area contributed by atoms with Crippen LogP contribution in [-0.4, -0.2) is 31.7 Å². The second-order valence-corrected chi connectivity index (χ2v) is 6.54. The van der Waals surface area contributed by atoms with Crippen LogP contribution in [0, 0.1) is 0 Å². The fourth-order valence-corrected chi connectivity index (χ4v) is 3.26. The molecule has 3 rings (SSSR count). The van der Waals surface area contributed by atoms with Gasteiger partial charge in [0.05, 0.1) is 18.8 Å². The Hall–Kier alpha value is -2.73. The number of nitrogens with one attached hydrogen (secondary N) is 2. The number of rotatable bonds is 6. The number of amides is 1. The lowest BCUT2D eigenvalue weighted by molar-refractivity contribution is -0.909. The quantitative estimate of drug-likeness (QED) is 0.818. The zero-order valence-corrected chi connectivity index (χ0v) is 15.1. The molecular weight excluding hydrogens is 350 g/mol. The molecule has 1 aliphatic rings. The minimum absolute atomic E-state index is 0.0343. The number of carbonyl (C=O) groups is 1. The maximum absolute atomic E-state index is 12.6. The van der Waals surface area contributed by atoms with E-state index in [1.807, 2.05) is 25.1 Å². The molecular formula is C21H23F2N2O2+. The molecule has 0 spiro atoms. The molecule has 1 heterocycles. The van der Waals surface area contributed by atoms with E-state index in [0.717, 1.165) is 24.4 Å². The van der Waals surface area contributed by atoms with Gasteiger partial charge in [-0.3, -0.25) is 4.79 Å². The summed E-state index contributed by atoms with van der Waals surface area (Å²) in [5.41, 5.74) is 2.76. The second kappa shape index (κ2) is 8.77. The van der Waals surface area contributed by atoms with Crippen LogP contribution in [-0.2, 0) is 4.79 Å². The van der Waals surface area contributed by atoms with Crippen molar-refractivity contribution >= 4 is 17.2 Å². The maximum atomic E-state index is 12.6. The third-order valence-electron chi connectivity index (χ3n) is 4.84. The third kappa shape index (κ3) is 4.92. The summed E-state index contributed by atoms with van der Waals surface area (Å²) in [6.45, 7) is 0.496. The molecule has 1 unspecified atom stereocenters. The Kier molecular flexibility index (Phi) is 6.19. The zero-order chi connectivity index (χ0) is 19.2. The molecule has 0 fully saturated rings. The lowest BCUT2D eigenvalue weighted by Crippen LogP contribution is -3.17. The molecule has 2 N–H and O–H groups in total. The SMILES string of the molecule is C[C@@H](C(=O)Nc1ccccc1OC(F)F)[NH+]1CC=C(c2ccccc2)CC1. The van der Waals surface area contributed by atoms with Gasteiger partial charge in [-0.25, -0.2) is 0 Å². The van der Waals surface area contributed by atoms with Crippen molar-refractivity contribution < 1.29 is 23.2 Å². The fraction of sp³-hybridized carbons (Fsp3) is 0.286. The molecule has 2 atom stereocenters. The Labute approximate surface area is 157 Å². The average Bonchev–Trinajstić information content (AvgIpc) is 2.69. The van der Waals surface area contributed by atoms with E-state index in [-0.39, 0.29) is 23.4 Å². The summed E-state index contributed by atoms with van der Waals surface area (Å²) in [6, 6.07) is 16.1. The average molecular weight is 373 g/mol. The number of alkyl halides is 2. The number of quaternary nitrogens is 1. The van der Waals surface area contributed by atoms with Crippen molar-refractivity contribution in [2.24, 2.45) is 0 Å². The summed E-state index contributed by atoms with van der Waals surface area (Å²) in [5, 5.41) is 2.72. The van der Waals surface area contributed by atoms with E-state index < -0.39 is 6.61 Å². The number of ether oxygens (including phenoxy) is 1. The first kappa shape index (κ1) is 19.0. The normalized spacial score (nSPS) is 17.9. The van der Waals surface area contributed by atoms with E-state index in [4.69, 9.17) is 0 Å². The highest BCUT2D eigenvalue weighted by molar-refractivity contribution is 5.95. The molecule has 6 heteroatoms. The Bertz CT molecular complexity index is 809. The number of halogens is 2. The van der Waals surface area contributed by atoms with E-state index in [9.17, 15) is 13.6 Å². The molecule has 27 heavy (non-hydrogen) atoms. The van der Waals surface area contributed by atoms with Gasteiger partial charge in [-0.05, 0) is 36.3 Å². The monoisotopic (exact) mass is 373 g/mol. The summed E-state index contributed by atoms with van der Waals surface area (Å²) >= 11 is 0. The number of carbonyl (C=O) groups excluding carboxylic acids is 1. The van der Waals surface area contributed by atoms with E-state index in [1.54, 1.807) is 18.2 Å². The highest BCUT2D eigenvalue weighted by Gasteiger charge is 2.27. The summed E-state index contributed by atoms with van der Waals surface area (Å²) in [7, 11) is 0. The molecule has 2 aromatic rings. The molecule has 0 aromatic heterocycles. The van der Waals surface area contributed by atoms with Crippen molar-refractivity contribution in [3.63, 3.8) is 0 Å². The van der Waals surface area contributed by atoms with Gasteiger partial charge in [0.15, 0.2) is 6.04 Å². The van der Waals surface area contributed by atoms with Gasteiger partial charge in [-0.15, -0.1) is 0 Å². The van der Waals surface area contributed by atoms with Crippen LogP contribution in [0.3, 0.4) is 0 Å². The lowest BCUT2D eigenvalue weighted by atomic mass is 9.99. The number of hydrogen-bond donors (Lipinski definition) is 2.